The van der Waals surface area contributed by atoms with Crippen molar-refractivity contribution < 1.29 is 9.53 Å². The summed E-state index contributed by atoms with van der Waals surface area (Å²) in [5.41, 5.74) is 2.34. The number of amides is 1. The van der Waals surface area contributed by atoms with Gasteiger partial charge < -0.3 is 10.1 Å². The molecule has 0 radical (unpaired) electrons. The Morgan fingerprint density at radius 1 is 1.32 bits per heavy atom. The molecule has 0 saturated carbocycles. The minimum atomic E-state index is -0.381. The van der Waals surface area contributed by atoms with Crippen molar-refractivity contribution in [1.29, 1.82) is 5.26 Å². The lowest BCUT2D eigenvalue weighted by Gasteiger charge is -2.33. The summed E-state index contributed by atoms with van der Waals surface area (Å²) in [6.07, 6.45) is 2.92. The summed E-state index contributed by atoms with van der Waals surface area (Å²) >= 11 is 10.6. The summed E-state index contributed by atoms with van der Waals surface area (Å²) in [6.45, 7) is 6.81. The number of carbonyl (C=O) groups excluding carboxylic acids is 1. The summed E-state index contributed by atoms with van der Waals surface area (Å²) in [5, 5.41) is 18.4. The summed E-state index contributed by atoms with van der Waals surface area (Å²) in [5.74, 6) is 0.633. The smallest absolute Gasteiger partial charge is 0.261 e. The molecule has 0 saturated heterocycles. The normalized spacial score (nSPS) is 15.4. The molecule has 0 fully saturated rings. The number of ether oxygens (including phenoxy) is 1. The fourth-order valence-electron chi connectivity index (χ4n) is 4.49. The van der Waals surface area contributed by atoms with Gasteiger partial charge in [-0.3, -0.25) is 10.1 Å². The third-order valence-corrected chi connectivity index (χ3v) is 8.61. The molecule has 5 nitrogen and oxygen atoms in total. The van der Waals surface area contributed by atoms with Gasteiger partial charge in [-0.05, 0) is 81.1 Å². The van der Waals surface area contributed by atoms with Crippen LogP contribution in [0.15, 0.2) is 34.8 Å². The van der Waals surface area contributed by atoms with Crippen molar-refractivity contribution in [3.05, 3.63) is 56.4 Å². The molecule has 1 aliphatic carbocycles. The van der Waals surface area contributed by atoms with Gasteiger partial charge in [0.25, 0.3) is 5.91 Å². The molecule has 0 aliphatic heterocycles. The van der Waals surface area contributed by atoms with Gasteiger partial charge >= 0.3 is 0 Å². The van der Waals surface area contributed by atoms with Crippen molar-refractivity contribution in [3.63, 3.8) is 0 Å². The van der Waals surface area contributed by atoms with Crippen molar-refractivity contribution in [2.75, 3.05) is 12.4 Å². The highest BCUT2D eigenvalue weighted by molar-refractivity contribution is 9.10. The van der Waals surface area contributed by atoms with Crippen LogP contribution in [0.25, 0.3) is 10.8 Å². The predicted octanol–water partition coefficient (Wildman–Crippen LogP) is 6.82. The monoisotopic (exact) mass is 555 g/mol. The minimum Gasteiger partial charge on any atom is -0.495 e. The molecule has 0 bridgehead atoms. The van der Waals surface area contributed by atoms with E-state index in [4.69, 9.17) is 17.0 Å². The van der Waals surface area contributed by atoms with Gasteiger partial charge in [-0.1, -0.05) is 45.0 Å². The minimum absolute atomic E-state index is 0.152. The quantitative estimate of drug-likeness (QED) is 0.347. The number of rotatable bonds is 3. The lowest BCUT2D eigenvalue weighted by molar-refractivity contribution is 0.0975. The Hall–Kier alpha value is -2.47. The highest BCUT2D eigenvalue weighted by Gasteiger charge is 2.32. The lowest BCUT2D eigenvalue weighted by Crippen LogP contribution is -2.34. The molecule has 2 aromatic carbocycles. The molecule has 1 heterocycles. The first-order valence-electron chi connectivity index (χ1n) is 11.1. The van der Waals surface area contributed by atoms with Crippen LogP contribution < -0.4 is 15.4 Å². The first kappa shape index (κ1) is 24.6. The number of nitrogens with zero attached hydrogens (tertiary/aromatic N) is 1. The summed E-state index contributed by atoms with van der Waals surface area (Å²) in [7, 11) is 1.53. The molecule has 34 heavy (non-hydrogen) atoms. The number of halogens is 1. The fraction of sp³-hybridized carbons (Fsp3) is 0.346. The maximum atomic E-state index is 13.1. The maximum absolute atomic E-state index is 13.1. The average Bonchev–Trinajstić information content (AvgIpc) is 3.14. The molecule has 1 aromatic heterocycles. The van der Waals surface area contributed by atoms with E-state index in [9.17, 15) is 10.1 Å². The molecule has 176 valence electrons. The molecule has 8 heteroatoms. The van der Waals surface area contributed by atoms with E-state index in [1.165, 1.54) is 12.0 Å². The largest absolute Gasteiger partial charge is 0.495 e. The van der Waals surface area contributed by atoms with E-state index in [2.05, 4.69) is 53.4 Å². The fourth-order valence-corrected chi connectivity index (χ4v) is 6.77. The highest BCUT2D eigenvalue weighted by Crippen LogP contribution is 2.44. The standard InChI is InChI=1S/C26H26BrN3O2S2/c1-26(2,3)15-9-10-17-19(13-28)24(34-20(17)12-15)30-25(33)29-23(31)18-11-14-7-5-6-8-16(14)21(27)22(18)32-4/h5-8,11,15H,9-10,12H2,1-4H3,(H2,29,30,31,33)/t15-/m0/s1. The third kappa shape index (κ3) is 4.70. The molecule has 1 atom stereocenters. The van der Waals surface area contributed by atoms with Crippen molar-refractivity contribution in [2.45, 2.75) is 40.0 Å². The van der Waals surface area contributed by atoms with Gasteiger partial charge in [0, 0.05) is 4.88 Å². The predicted molar refractivity (Wildman–Crippen MR) is 146 cm³/mol. The van der Waals surface area contributed by atoms with Gasteiger partial charge in [0.1, 0.15) is 16.8 Å². The van der Waals surface area contributed by atoms with Crippen LogP contribution in [0.5, 0.6) is 5.75 Å². The Morgan fingerprint density at radius 3 is 2.74 bits per heavy atom. The van der Waals surface area contributed by atoms with Gasteiger partial charge in [0.15, 0.2) is 5.11 Å². The Balaban J connectivity index is 1.56. The Kier molecular flexibility index (Phi) is 6.99. The Bertz CT molecular complexity index is 1330. The van der Waals surface area contributed by atoms with E-state index in [0.717, 1.165) is 35.6 Å². The molecule has 3 aromatic rings. The van der Waals surface area contributed by atoms with Crippen molar-refractivity contribution >= 4 is 66.3 Å². The van der Waals surface area contributed by atoms with Crippen molar-refractivity contribution in [3.8, 4) is 11.8 Å². The Labute approximate surface area is 217 Å². The number of hydrogen-bond acceptors (Lipinski definition) is 5. The van der Waals surface area contributed by atoms with Crippen LogP contribution in [0.3, 0.4) is 0 Å². The highest BCUT2D eigenvalue weighted by atomic mass is 79.9. The first-order chi connectivity index (χ1) is 16.1. The second kappa shape index (κ2) is 9.65. The zero-order chi connectivity index (χ0) is 24.6. The van der Waals surface area contributed by atoms with Crippen molar-refractivity contribution in [1.82, 2.24) is 5.32 Å². The SMILES string of the molecule is COc1c(C(=O)NC(=S)Nc2sc3c(c2C#N)CC[C@H](C(C)(C)C)C3)cc2ccccc2c1Br. The summed E-state index contributed by atoms with van der Waals surface area (Å²) in [6, 6.07) is 11.9. The second-order valence-electron chi connectivity index (χ2n) is 9.53. The van der Waals surface area contributed by atoms with E-state index in [-0.39, 0.29) is 16.4 Å². The van der Waals surface area contributed by atoms with Gasteiger partial charge in [0.2, 0.25) is 0 Å². The van der Waals surface area contributed by atoms with Crippen LogP contribution >= 0.6 is 39.5 Å². The molecule has 4 rings (SSSR count). The third-order valence-electron chi connectivity index (χ3n) is 6.45. The van der Waals surface area contributed by atoms with Gasteiger partial charge in [-0.2, -0.15) is 5.26 Å². The Morgan fingerprint density at radius 2 is 2.06 bits per heavy atom. The van der Waals surface area contributed by atoms with Crippen LogP contribution in [0.4, 0.5) is 5.00 Å². The molecule has 0 unspecified atom stereocenters. The second-order valence-corrected chi connectivity index (χ2v) is 11.8. The number of methoxy groups -OCH3 is 1. The van der Waals surface area contributed by atoms with Crippen LogP contribution in [-0.4, -0.2) is 18.1 Å². The molecular weight excluding hydrogens is 530 g/mol. The van der Waals surface area contributed by atoms with E-state index in [0.29, 0.717) is 32.3 Å². The van der Waals surface area contributed by atoms with Gasteiger partial charge in [-0.25, -0.2) is 0 Å². The number of anilines is 1. The van der Waals surface area contributed by atoms with E-state index < -0.39 is 0 Å². The van der Waals surface area contributed by atoms with E-state index >= 15 is 0 Å². The summed E-state index contributed by atoms with van der Waals surface area (Å²) in [4.78, 5) is 14.4. The molecule has 1 amide bonds. The average molecular weight is 557 g/mol. The number of thiocarbonyl (C=S) groups is 1. The molecule has 2 N–H and O–H groups in total. The van der Waals surface area contributed by atoms with Crippen LogP contribution in [-0.2, 0) is 12.8 Å². The maximum Gasteiger partial charge on any atom is 0.261 e. The molecular formula is C26H26BrN3O2S2. The molecule has 0 spiro atoms. The zero-order valence-corrected chi connectivity index (χ0v) is 22.8. The van der Waals surface area contributed by atoms with E-state index in [1.54, 1.807) is 17.4 Å². The number of nitriles is 1. The van der Waals surface area contributed by atoms with Crippen molar-refractivity contribution in [2.24, 2.45) is 11.3 Å². The number of carbonyl (C=O) groups is 1. The van der Waals surface area contributed by atoms with Gasteiger partial charge in [0.05, 0.1) is 22.7 Å². The van der Waals surface area contributed by atoms with E-state index in [1.807, 2.05) is 24.3 Å². The number of hydrogen-bond donors (Lipinski definition) is 2. The topological polar surface area (TPSA) is 74.2 Å². The van der Waals surface area contributed by atoms with Gasteiger partial charge in [-0.15, -0.1) is 11.3 Å². The number of fused-ring (bicyclic) bond motifs is 2. The first-order valence-corrected chi connectivity index (χ1v) is 13.1. The number of thiophene rings is 1. The zero-order valence-electron chi connectivity index (χ0n) is 19.5. The lowest BCUT2D eigenvalue weighted by atomic mass is 9.72. The summed E-state index contributed by atoms with van der Waals surface area (Å²) < 4.78 is 6.23. The molecule has 1 aliphatic rings. The van der Waals surface area contributed by atoms with Crippen LogP contribution in [0.1, 0.15) is 53.6 Å². The van der Waals surface area contributed by atoms with Crippen LogP contribution in [0, 0.1) is 22.7 Å². The number of nitrogens with one attached hydrogen (secondary N) is 2. The number of benzene rings is 2. The van der Waals surface area contributed by atoms with Crippen LogP contribution in [0.2, 0.25) is 0 Å².